The zero-order valence-corrected chi connectivity index (χ0v) is 16.9. The Morgan fingerprint density at radius 1 is 1.26 bits per heavy atom. The van der Waals surface area contributed by atoms with E-state index in [2.05, 4.69) is 10.3 Å². The van der Waals surface area contributed by atoms with E-state index in [0.29, 0.717) is 0 Å². The lowest BCUT2D eigenvalue weighted by Crippen LogP contribution is -2.37. The maximum atomic E-state index is 12.9. The maximum absolute atomic E-state index is 12.9. The van der Waals surface area contributed by atoms with Crippen molar-refractivity contribution in [1.82, 2.24) is 9.29 Å². The van der Waals surface area contributed by atoms with Gasteiger partial charge in [0.15, 0.2) is 17.2 Å². The molecule has 13 heteroatoms. The molecule has 1 N–H and O–H groups in total. The number of rotatable bonds is 5. The van der Waals surface area contributed by atoms with Crippen molar-refractivity contribution >= 4 is 33.6 Å². The molecule has 1 aliphatic rings. The average Bonchev–Trinajstić information content (AvgIpc) is 3.40. The fourth-order valence-corrected chi connectivity index (χ4v) is 4.42. The van der Waals surface area contributed by atoms with E-state index < -0.39 is 26.7 Å². The van der Waals surface area contributed by atoms with Crippen LogP contribution in [0.1, 0.15) is 5.56 Å². The molecule has 1 aliphatic heterocycles. The van der Waals surface area contributed by atoms with Gasteiger partial charge in [-0.3, -0.25) is 24.5 Å². The van der Waals surface area contributed by atoms with Gasteiger partial charge in [0.25, 0.3) is 15.9 Å². The van der Waals surface area contributed by atoms with Gasteiger partial charge in [-0.25, -0.2) is 8.42 Å². The molecular formula is C18H14N4O8S. The minimum atomic E-state index is -3.99. The Labute approximate surface area is 174 Å². The molecular weight excluding hydrogens is 432 g/mol. The number of amides is 1. The Balaban J connectivity index is 1.67. The number of anilines is 1. The average molecular weight is 446 g/mol. The Morgan fingerprint density at radius 3 is 2.68 bits per heavy atom. The summed E-state index contributed by atoms with van der Waals surface area (Å²) in [6, 6.07) is 8.33. The van der Waals surface area contributed by atoms with Crippen molar-refractivity contribution in [1.29, 1.82) is 0 Å². The second-order valence-electron chi connectivity index (χ2n) is 6.24. The van der Waals surface area contributed by atoms with Gasteiger partial charge in [-0.2, -0.15) is 4.98 Å². The Bertz CT molecular complexity index is 1340. The zero-order valence-electron chi connectivity index (χ0n) is 16.1. The van der Waals surface area contributed by atoms with Crippen molar-refractivity contribution in [2.75, 3.05) is 19.5 Å². The van der Waals surface area contributed by atoms with Gasteiger partial charge in [0, 0.05) is 12.6 Å². The molecule has 31 heavy (non-hydrogen) atoms. The molecule has 0 fully saturated rings. The number of likely N-dealkylation sites (N-methyl/N-ethyl adjacent to an activating group) is 1. The molecule has 12 nitrogen and oxygen atoms in total. The van der Waals surface area contributed by atoms with Crippen LogP contribution in [0.3, 0.4) is 0 Å². The van der Waals surface area contributed by atoms with Crippen LogP contribution in [0.2, 0.25) is 0 Å². The summed E-state index contributed by atoms with van der Waals surface area (Å²) in [5.41, 5.74) is 0.0677. The molecule has 0 spiro atoms. The second-order valence-corrected chi connectivity index (χ2v) is 8.18. The van der Waals surface area contributed by atoms with Crippen LogP contribution in [0.5, 0.6) is 0 Å². The fraction of sp³-hybridized carbons (Fsp3) is 0.111. The number of hydrogen-bond acceptors (Lipinski definition) is 9. The van der Waals surface area contributed by atoms with E-state index in [9.17, 15) is 23.3 Å². The lowest BCUT2D eigenvalue weighted by atomic mass is 10.1. The molecule has 1 aromatic carbocycles. The van der Waals surface area contributed by atoms with Gasteiger partial charge in [-0.15, -0.1) is 0 Å². The van der Waals surface area contributed by atoms with E-state index in [-0.39, 0.29) is 39.4 Å². The first kappa shape index (κ1) is 20.2. The van der Waals surface area contributed by atoms with Crippen molar-refractivity contribution in [3.05, 3.63) is 64.0 Å². The largest absolute Gasteiger partial charge is 0.494 e. The molecule has 0 saturated carbocycles. The van der Waals surface area contributed by atoms with Crippen molar-refractivity contribution in [3.8, 4) is 11.5 Å². The number of nitrogens with one attached hydrogen (secondary N) is 1. The number of ether oxygens (including phenoxy) is 1. The van der Waals surface area contributed by atoms with E-state index in [4.69, 9.17) is 13.6 Å². The molecule has 1 amide bonds. The zero-order chi connectivity index (χ0) is 22.3. The third-order valence-electron chi connectivity index (χ3n) is 4.47. The van der Waals surface area contributed by atoms with Crippen LogP contribution in [0, 0.1) is 10.1 Å². The van der Waals surface area contributed by atoms with Crippen LogP contribution in [0.15, 0.2) is 62.1 Å². The van der Waals surface area contributed by atoms with Crippen LogP contribution in [0.25, 0.3) is 17.2 Å². The van der Waals surface area contributed by atoms with Gasteiger partial charge in [-0.05, 0) is 18.2 Å². The highest BCUT2D eigenvalue weighted by Crippen LogP contribution is 2.36. The quantitative estimate of drug-likeness (QED) is 0.459. The predicted octanol–water partition coefficient (Wildman–Crippen LogP) is 2.43. The SMILES string of the molecule is COC1=C(C(=O)Nc2nc(-c3ccc([N+](=O)[O-])o3)co2)N(C)S(=O)(=O)c2ccccc21. The molecule has 0 aliphatic carbocycles. The van der Waals surface area contributed by atoms with Crippen molar-refractivity contribution in [2.24, 2.45) is 0 Å². The monoisotopic (exact) mass is 446 g/mol. The van der Waals surface area contributed by atoms with Crippen molar-refractivity contribution < 1.29 is 31.7 Å². The van der Waals surface area contributed by atoms with E-state index in [1.54, 1.807) is 12.1 Å². The third kappa shape index (κ3) is 3.30. The van der Waals surface area contributed by atoms with Crippen molar-refractivity contribution in [3.63, 3.8) is 0 Å². The standard InChI is InChI=1S/C18H14N4O8S/c1-21-15(16(28-2)10-5-3-4-6-13(10)31(21,26)27)17(23)20-18-19-11(9-29-18)12-7-8-14(30-12)22(24)25/h3-9H,1-2H3,(H,19,20,23). The predicted molar refractivity (Wildman–Crippen MR) is 105 cm³/mol. The highest BCUT2D eigenvalue weighted by molar-refractivity contribution is 7.89. The number of carbonyl (C=O) groups is 1. The third-order valence-corrected chi connectivity index (χ3v) is 6.28. The summed E-state index contributed by atoms with van der Waals surface area (Å²) < 4.78 is 42.0. The van der Waals surface area contributed by atoms with E-state index in [0.717, 1.165) is 16.6 Å². The van der Waals surface area contributed by atoms with Crippen LogP contribution in [-0.4, -0.2) is 42.7 Å². The van der Waals surface area contributed by atoms with E-state index >= 15 is 0 Å². The first-order valence-electron chi connectivity index (χ1n) is 8.62. The van der Waals surface area contributed by atoms with E-state index in [1.165, 1.54) is 32.4 Å². The number of furan rings is 1. The second kappa shape index (κ2) is 7.28. The summed E-state index contributed by atoms with van der Waals surface area (Å²) in [5.74, 6) is -1.22. The molecule has 2 aromatic heterocycles. The Morgan fingerprint density at radius 2 is 2.00 bits per heavy atom. The van der Waals surface area contributed by atoms with Crippen molar-refractivity contribution in [2.45, 2.75) is 4.90 Å². The Kier molecular flexibility index (Phi) is 4.74. The minimum absolute atomic E-state index is 0.00345. The summed E-state index contributed by atoms with van der Waals surface area (Å²) in [6.07, 6.45) is 1.13. The first-order chi connectivity index (χ1) is 14.7. The summed E-state index contributed by atoms with van der Waals surface area (Å²) in [4.78, 5) is 27.0. The molecule has 160 valence electrons. The molecule has 3 aromatic rings. The highest BCUT2D eigenvalue weighted by atomic mass is 32.2. The number of aromatic nitrogens is 1. The van der Waals surface area contributed by atoms with Gasteiger partial charge in [0.05, 0.1) is 18.1 Å². The summed E-state index contributed by atoms with van der Waals surface area (Å²) in [5, 5.41) is 13.1. The molecule has 0 unspecified atom stereocenters. The summed E-state index contributed by atoms with van der Waals surface area (Å²) in [7, 11) is -1.45. The molecule has 0 saturated heterocycles. The molecule has 3 heterocycles. The van der Waals surface area contributed by atoms with E-state index in [1.807, 2.05) is 0 Å². The number of nitro groups is 1. The normalized spacial score (nSPS) is 14.8. The van der Waals surface area contributed by atoms with Crippen LogP contribution >= 0.6 is 0 Å². The lowest BCUT2D eigenvalue weighted by Gasteiger charge is -2.29. The number of sulfonamides is 1. The van der Waals surface area contributed by atoms with Gasteiger partial charge in [-0.1, -0.05) is 12.1 Å². The highest BCUT2D eigenvalue weighted by Gasteiger charge is 2.38. The number of carbonyl (C=O) groups excluding carboxylic acids is 1. The fourth-order valence-electron chi connectivity index (χ4n) is 3.03. The lowest BCUT2D eigenvalue weighted by molar-refractivity contribution is -0.401. The molecule has 0 atom stereocenters. The topological polar surface area (TPSA) is 158 Å². The van der Waals surface area contributed by atoms with Crippen LogP contribution in [-0.2, 0) is 19.6 Å². The number of fused-ring (bicyclic) bond motifs is 1. The summed E-state index contributed by atoms with van der Waals surface area (Å²) in [6.45, 7) is 0. The molecule has 0 radical (unpaired) electrons. The van der Waals surface area contributed by atoms with Crippen LogP contribution < -0.4 is 5.32 Å². The maximum Gasteiger partial charge on any atom is 0.433 e. The number of nitrogens with zero attached hydrogens (tertiary/aromatic N) is 3. The number of methoxy groups -OCH3 is 1. The van der Waals surface area contributed by atoms with Gasteiger partial charge in [0.2, 0.25) is 0 Å². The van der Waals surface area contributed by atoms with Gasteiger partial charge >= 0.3 is 11.9 Å². The number of benzene rings is 1. The van der Waals surface area contributed by atoms with Crippen LogP contribution in [0.4, 0.5) is 11.9 Å². The van der Waals surface area contributed by atoms with Gasteiger partial charge < -0.3 is 13.6 Å². The first-order valence-corrected chi connectivity index (χ1v) is 10.1. The Hall–Kier alpha value is -4.13. The molecule has 4 rings (SSSR count). The minimum Gasteiger partial charge on any atom is -0.494 e. The summed E-state index contributed by atoms with van der Waals surface area (Å²) >= 11 is 0. The van der Waals surface area contributed by atoms with Gasteiger partial charge in [0.1, 0.15) is 16.9 Å². The number of oxazole rings is 1. The smallest absolute Gasteiger partial charge is 0.433 e. The number of hydrogen-bond donors (Lipinski definition) is 1. The molecule has 0 bridgehead atoms.